The van der Waals surface area contributed by atoms with Gasteiger partial charge < -0.3 is 15.9 Å². The molecule has 0 heterocycles. The van der Waals surface area contributed by atoms with E-state index >= 15 is 0 Å². The molecule has 0 aromatic heterocycles. The predicted octanol–water partition coefficient (Wildman–Crippen LogP) is 1.41. The fraction of sp³-hybridized carbons (Fsp3) is 0.818. The van der Waals surface area contributed by atoms with Crippen LogP contribution < -0.4 is 5.73 Å². The maximum Gasteiger partial charge on any atom is 0.320 e. The van der Waals surface area contributed by atoms with Crippen molar-refractivity contribution in [2.45, 2.75) is 44.6 Å². The molecule has 0 bridgehead atoms. The summed E-state index contributed by atoms with van der Waals surface area (Å²) in [6, 6.07) is -1.14. The average Bonchev–Trinajstić information content (AvgIpc) is 2.26. The van der Waals surface area contributed by atoms with Crippen LogP contribution in [-0.2, 0) is 9.59 Å². The highest BCUT2D eigenvalue weighted by atomic mass is 18.2. The molecule has 0 aromatic rings. The van der Waals surface area contributed by atoms with Gasteiger partial charge >= 0.3 is 11.9 Å². The van der Waals surface area contributed by atoms with Gasteiger partial charge in [-0.3, -0.25) is 14.0 Å². The van der Waals surface area contributed by atoms with Gasteiger partial charge in [-0.1, -0.05) is 19.3 Å². The Labute approximate surface area is 99.8 Å². The Morgan fingerprint density at radius 2 is 1.65 bits per heavy atom. The summed E-state index contributed by atoms with van der Waals surface area (Å²) >= 11 is 0. The second-order valence-electron chi connectivity index (χ2n) is 4.11. The highest BCUT2D eigenvalue weighted by Crippen LogP contribution is 2.16. The Morgan fingerprint density at radius 1 is 1.06 bits per heavy atom. The molecule has 0 rings (SSSR count). The Bertz CT molecular complexity index is 248. The molecule has 0 aliphatic rings. The summed E-state index contributed by atoms with van der Waals surface area (Å²) in [6.07, 6.45) is 2.97. The molecule has 100 valence electrons. The normalized spacial score (nSPS) is 14.2. The predicted molar refractivity (Wildman–Crippen MR) is 60.4 cm³/mol. The number of halogens is 1. The van der Waals surface area contributed by atoms with E-state index in [4.69, 9.17) is 15.9 Å². The summed E-state index contributed by atoms with van der Waals surface area (Å²) in [7, 11) is 0. The molecule has 2 atom stereocenters. The lowest BCUT2D eigenvalue weighted by Crippen LogP contribution is -2.34. The lowest BCUT2D eigenvalue weighted by molar-refractivity contribution is -0.143. The molecule has 0 amide bonds. The third kappa shape index (κ3) is 7.68. The maximum absolute atomic E-state index is 11.8. The van der Waals surface area contributed by atoms with E-state index in [-0.39, 0.29) is 13.1 Å². The Kier molecular flexibility index (Phi) is 8.31. The molecule has 0 fully saturated rings. The molecule has 0 saturated carbocycles. The number of nitrogens with two attached hydrogens (primary N) is 1. The maximum atomic E-state index is 11.8. The van der Waals surface area contributed by atoms with Crippen molar-refractivity contribution >= 4 is 11.9 Å². The zero-order chi connectivity index (χ0) is 13.3. The highest BCUT2D eigenvalue weighted by Gasteiger charge is 2.23. The smallest absolute Gasteiger partial charge is 0.320 e. The zero-order valence-electron chi connectivity index (χ0n) is 9.77. The van der Waals surface area contributed by atoms with E-state index in [9.17, 15) is 14.0 Å². The summed E-state index contributed by atoms with van der Waals surface area (Å²) in [4.78, 5) is 21.4. The van der Waals surface area contributed by atoms with Crippen LogP contribution in [0.4, 0.5) is 4.39 Å². The fourth-order valence-electron chi connectivity index (χ4n) is 1.59. The van der Waals surface area contributed by atoms with Gasteiger partial charge in [0.05, 0.1) is 12.6 Å². The van der Waals surface area contributed by atoms with Gasteiger partial charge in [0.1, 0.15) is 6.04 Å². The van der Waals surface area contributed by atoms with Crippen molar-refractivity contribution in [2.24, 2.45) is 11.7 Å². The quantitative estimate of drug-likeness (QED) is 0.507. The number of hydrogen-bond acceptors (Lipinski definition) is 3. The van der Waals surface area contributed by atoms with Crippen LogP contribution in [0, 0.1) is 5.92 Å². The Balaban J connectivity index is 3.91. The second-order valence-corrected chi connectivity index (χ2v) is 4.11. The van der Waals surface area contributed by atoms with Gasteiger partial charge in [0.25, 0.3) is 0 Å². The Morgan fingerprint density at radius 3 is 2.12 bits per heavy atom. The Hall–Kier alpha value is -1.17. The summed E-state index contributed by atoms with van der Waals surface area (Å²) in [5, 5.41) is 17.5. The van der Waals surface area contributed by atoms with Gasteiger partial charge in [0.15, 0.2) is 0 Å². The number of aliphatic carboxylic acids is 2. The molecule has 5 nitrogen and oxygen atoms in total. The first kappa shape index (κ1) is 15.8. The summed E-state index contributed by atoms with van der Waals surface area (Å²) in [5.41, 5.74) is 5.29. The average molecular weight is 248 g/mol. The first-order chi connectivity index (χ1) is 7.99. The molecule has 6 heteroatoms. The van der Waals surface area contributed by atoms with Crippen molar-refractivity contribution in [3.8, 4) is 0 Å². The standard InChI is InChI=1S/C11H20FNO4/c12-6-4-2-1-3-5-8(10(14)15)7-9(13)11(16)17/h8-9H,1-7,13H2,(H,14,15)(H,16,17)/i12-1. The van der Waals surface area contributed by atoms with E-state index in [0.29, 0.717) is 19.3 Å². The molecule has 0 aliphatic carbocycles. The SMILES string of the molecule is NC(CC(CCCCCC[18F])C(=O)O)C(=O)O. The van der Waals surface area contributed by atoms with E-state index in [0.717, 1.165) is 12.8 Å². The fourth-order valence-corrected chi connectivity index (χ4v) is 1.59. The van der Waals surface area contributed by atoms with Crippen LogP contribution in [0.3, 0.4) is 0 Å². The van der Waals surface area contributed by atoms with Crippen molar-refractivity contribution in [3.05, 3.63) is 0 Å². The number of unbranched alkanes of at least 4 members (excludes halogenated alkanes) is 3. The molecular formula is C11H20FNO4. The topological polar surface area (TPSA) is 101 Å². The third-order valence-corrected chi connectivity index (χ3v) is 2.64. The van der Waals surface area contributed by atoms with Crippen molar-refractivity contribution < 1.29 is 24.2 Å². The number of carbonyl (C=O) groups is 2. The summed E-state index contributed by atoms with van der Waals surface area (Å²) < 4.78 is 11.8. The van der Waals surface area contributed by atoms with Crippen LogP contribution in [0.1, 0.15) is 38.5 Å². The van der Waals surface area contributed by atoms with Crippen molar-refractivity contribution in [1.29, 1.82) is 0 Å². The van der Waals surface area contributed by atoms with Crippen LogP contribution in [0.5, 0.6) is 0 Å². The minimum Gasteiger partial charge on any atom is -0.481 e. The molecule has 0 saturated heterocycles. The summed E-state index contributed by atoms with van der Waals surface area (Å²) in [6.45, 7) is -0.355. The van der Waals surface area contributed by atoms with E-state index in [1.807, 2.05) is 0 Å². The van der Waals surface area contributed by atoms with Gasteiger partial charge in [0.2, 0.25) is 0 Å². The number of carboxylic acid groups (broad SMARTS) is 2. The van der Waals surface area contributed by atoms with Crippen molar-refractivity contribution in [1.82, 2.24) is 0 Å². The molecule has 2 unspecified atom stereocenters. The minimum absolute atomic E-state index is 0.0617. The van der Waals surface area contributed by atoms with Gasteiger partial charge in [-0.05, 0) is 19.3 Å². The molecule has 4 N–H and O–H groups in total. The van der Waals surface area contributed by atoms with E-state index < -0.39 is 23.9 Å². The first-order valence-corrected chi connectivity index (χ1v) is 5.76. The van der Waals surface area contributed by atoms with Crippen LogP contribution in [-0.4, -0.2) is 34.9 Å². The van der Waals surface area contributed by atoms with Crippen LogP contribution in [0.25, 0.3) is 0 Å². The lowest BCUT2D eigenvalue weighted by Gasteiger charge is -2.14. The lowest BCUT2D eigenvalue weighted by atomic mass is 9.94. The van der Waals surface area contributed by atoms with Crippen molar-refractivity contribution in [2.75, 3.05) is 6.67 Å². The third-order valence-electron chi connectivity index (χ3n) is 2.64. The number of carboxylic acids is 2. The van der Waals surface area contributed by atoms with Gasteiger partial charge in [-0.25, -0.2) is 0 Å². The van der Waals surface area contributed by atoms with Crippen LogP contribution >= 0.6 is 0 Å². The largest absolute Gasteiger partial charge is 0.481 e. The molecule has 0 radical (unpaired) electrons. The number of rotatable bonds is 10. The van der Waals surface area contributed by atoms with E-state index in [2.05, 4.69) is 0 Å². The zero-order valence-corrected chi connectivity index (χ0v) is 9.77. The van der Waals surface area contributed by atoms with E-state index in [1.165, 1.54) is 0 Å². The molecule has 0 aliphatic heterocycles. The van der Waals surface area contributed by atoms with Crippen LogP contribution in [0.15, 0.2) is 0 Å². The first-order valence-electron chi connectivity index (χ1n) is 5.76. The van der Waals surface area contributed by atoms with Gasteiger partial charge in [-0.15, -0.1) is 0 Å². The minimum atomic E-state index is -1.19. The molecule has 0 aromatic carbocycles. The van der Waals surface area contributed by atoms with Gasteiger partial charge in [-0.2, -0.15) is 0 Å². The van der Waals surface area contributed by atoms with Crippen molar-refractivity contribution in [3.63, 3.8) is 0 Å². The summed E-state index contributed by atoms with van der Waals surface area (Å²) in [5.74, 6) is -2.94. The monoisotopic (exact) mass is 248 g/mol. The number of alkyl halides is 1. The van der Waals surface area contributed by atoms with Gasteiger partial charge in [0, 0.05) is 0 Å². The van der Waals surface area contributed by atoms with Crippen LogP contribution in [0.2, 0.25) is 0 Å². The van der Waals surface area contributed by atoms with E-state index in [1.54, 1.807) is 0 Å². The number of hydrogen-bond donors (Lipinski definition) is 3. The molecule has 0 spiro atoms. The second kappa shape index (κ2) is 8.92. The molecule has 17 heavy (non-hydrogen) atoms. The highest BCUT2D eigenvalue weighted by molar-refractivity contribution is 5.75. The molecular weight excluding hydrogens is 228 g/mol.